The molecule has 1 unspecified atom stereocenters. The molecule has 0 N–H and O–H groups in total. The van der Waals surface area contributed by atoms with Gasteiger partial charge in [-0.2, -0.15) is 0 Å². The zero-order chi connectivity index (χ0) is 9.84. The van der Waals surface area contributed by atoms with Gasteiger partial charge in [0.15, 0.2) is 0 Å². The average molecular weight is 180 g/mol. The number of allylic oxidation sites excluding steroid dienone is 1. The molecule has 0 aromatic heterocycles. The predicted octanol–water partition coefficient (Wildman–Crippen LogP) is 3.41. The van der Waals surface area contributed by atoms with Crippen LogP contribution in [0.3, 0.4) is 0 Å². The molecule has 0 spiro atoms. The van der Waals surface area contributed by atoms with Gasteiger partial charge in [0.25, 0.3) is 0 Å². The molecule has 0 aliphatic rings. The Bertz CT molecular complexity index is 287. The second-order valence-electron chi connectivity index (χ2n) is 2.97. The quantitative estimate of drug-likeness (QED) is 0.692. The highest BCUT2D eigenvalue weighted by molar-refractivity contribution is 5.61. The first-order valence-electron chi connectivity index (χ1n) is 4.16. The second-order valence-corrected chi connectivity index (χ2v) is 2.97. The summed E-state index contributed by atoms with van der Waals surface area (Å²) in [6, 6.07) is 7.19. The van der Waals surface area contributed by atoms with E-state index in [0.717, 1.165) is 11.1 Å². The first kappa shape index (κ1) is 9.78. The Balaban J connectivity index is 2.75. The first-order chi connectivity index (χ1) is 6.09. The summed E-state index contributed by atoms with van der Waals surface area (Å²) in [6.07, 6.45) is -1.27. The number of rotatable bonds is 3. The fourth-order valence-corrected chi connectivity index (χ4v) is 1.01. The van der Waals surface area contributed by atoms with Crippen molar-refractivity contribution < 1.29 is 9.13 Å². The van der Waals surface area contributed by atoms with Gasteiger partial charge in [0.05, 0.1) is 0 Å². The van der Waals surface area contributed by atoms with E-state index in [-0.39, 0.29) is 0 Å². The van der Waals surface area contributed by atoms with E-state index in [1.807, 2.05) is 19.1 Å². The molecule has 13 heavy (non-hydrogen) atoms. The minimum absolute atomic E-state index is 0.542. The van der Waals surface area contributed by atoms with Crippen molar-refractivity contribution in [2.75, 3.05) is 0 Å². The van der Waals surface area contributed by atoms with Gasteiger partial charge in [-0.25, -0.2) is 4.39 Å². The molecule has 1 atom stereocenters. The third kappa shape index (κ3) is 2.90. The lowest BCUT2D eigenvalue weighted by atomic mass is 10.1. The van der Waals surface area contributed by atoms with Crippen molar-refractivity contribution >= 4 is 5.57 Å². The Morgan fingerprint density at radius 1 is 1.38 bits per heavy atom. The summed E-state index contributed by atoms with van der Waals surface area (Å²) < 4.78 is 17.3. The maximum atomic E-state index is 12.4. The zero-order valence-electron chi connectivity index (χ0n) is 7.88. The van der Waals surface area contributed by atoms with Crippen LogP contribution in [-0.2, 0) is 0 Å². The molecule has 1 nitrogen and oxygen atoms in total. The van der Waals surface area contributed by atoms with Crippen molar-refractivity contribution in [2.24, 2.45) is 0 Å². The minimum Gasteiger partial charge on any atom is -0.461 e. The second kappa shape index (κ2) is 4.08. The Hall–Kier alpha value is -1.31. The number of alkyl halides is 1. The van der Waals surface area contributed by atoms with E-state index in [9.17, 15) is 4.39 Å². The van der Waals surface area contributed by atoms with E-state index in [2.05, 4.69) is 6.58 Å². The smallest absolute Gasteiger partial charge is 0.235 e. The zero-order valence-corrected chi connectivity index (χ0v) is 7.88. The summed E-state index contributed by atoms with van der Waals surface area (Å²) in [7, 11) is 0. The lowest BCUT2D eigenvalue weighted by molar-refractivity contribution is 0.0860. The molecule has 1 aromatic carbocycles. The summed E-state index contributed by atoms with van der Waals surface area (Å²) >= 11 is 0. The number of hydrogen-bond donors (Lipinski definition) is 0. The van der Waals surface area contributed by atoms with E-state index >= 15 is 0 Å². The molecule has 0 saturated heterocycles. The lowest BCUT2D eigenvalue weighted by Gasteiger charge is -2.07. The van der Waals surface area contributed by atoms with Crippen LogP contribution in [0.5, 0.6) is 5.75 Å². The molecule has 1 aromatic rings. The highest BCUT2D eigenvalue weighted by Gasteiger charge is 1.99. The number of ether oxygens (including phenoxy) is 1. The van der Waals surface area contributed by atoms with E-state index in [0.29, 0.717) is 5.75 Å². The van der Waals surface area contributed by atoms with Crippen LogP contribution < -0.4 is 4.74 Å². The SMILES string of the molecule is C=C(C)c1ccc(OC(C)F)cc1. The summed E-state index contributed by atoms with van der Waals surface area (Å²) in [5.74, 6) is 0.542. The topological polar surface area (TPSA) is 9.23 Å². The summed E-state index contributed by atoms with van der Waals surface area (Å²) in [5.41, 5.74) is 2.03. The Morgan fingerprint density at radius 2 is 1.92 bits per heavy atom. The van der Waals surface area contributed by atoms with E-state index in [1.54, 1.807) is 12.1 Å². The van der Waals surface area contributed by atoms with Gasteiger partial charge in [-0.1, -0.05) is 24.3 Å². The molecule has 0 heterocycles. The fraction of sp³-hybridized carbons (Fsp3) is 0.273. The summed E-state index contributed by atoms with van der Waals surface area (Å²) in [6.45, 7) is 7.08. The van der Waals surface area contributed by atoms with Crippen molar-refractivity contribution in [1.29, 1.82) is 0 Å². The van der Waals surface area contributed by atoms with Crippen LogP contribution in [0.4, 0.5) is 4.39 Å². The van der Waals surface area contributed by atoms with Gasteiger partial charge in [-0.15, -0.1) is 0 Å². The average Bonchev–Trinajstić information content (AvgIpc) is 2.04. The molecule has 70 valence electrons. The van der Waals surface area contributed by atoms with Gasteiger partial charge in [-0.05, 0) is 24.6 Å². The van der Waals surface area contributed by atoms with Crippen molar-refractivity contribution in [2.45, 2.75) is 20.2 Å². The third-order valence-corrected chi connectivity index (χ3v) is 1.65. The largest absolute Gasteiger partial charge is 0.461 e. The van der Waals surface area contributed by atoms with Crippen LogP contribution in [0.25, 0.3) is 5.57 Å². The molecule has 0 bridgehead atoms. The molecule has 1 rings (SSSR count). The maximum Gasteiger partial charge on any atom is 0.235 e. The molecule has 0 amide bonds. The molecule has 0 fully saturated rings. The Morgan fingerprint density at radius 3 is 2.31 bits per heavy atom. The Labute approximate surface area is 77.8 Å². The molecule has 0 aliphatic heterocycles. The van der Waals surface area contributed by atoms with Crippen LogP contribution in [0.15, 0.2) is 30.8 Å². The molecule has 0 saturated carbocycles. The number of hydrogen-bond acceptors (Lipinski definition) is 1. The fourth-order valence-electron chi connectivity index (χ4n) is 1.01. The van der Waals surface area contributed by atoms with Crippen LogP contribution in [-0.4, -0.2) is 6.36 Å². The molecule has 0 aliphatic carbocycles. The summed E-state index contributed by atoms with van der Waals surface area (Å²) in [4.78, 5) is 0. The van der Waals surface area contributed by atoms with Crippen LogP contribution >= 0.6 is 0 Å². The van der Waals surface area contributed by atoms with Gasteiger partial charge in [0, 0.05) is 6.92 Å². The van der Waals surface area contributed by atoms with Crippen LogP contribution in [0.2, 0.25) is 0 Å². The van der Waals surface area contributed by atoms with Gasteiger partial charge < -0.3 is 4.74 Å². The molecule has 2 heteroatoms. The third-order valence-electron chi connectivity index (χ3n) is 1.65. The normalized spacial score (nSPS) is 12.2. The predicted molar refractivity (Wildman–Crippen MR) is 52.3 cm³/mol. The highest BCUT2D eigenvalue weighted by Crippen LogP contribution is 2.17. The molecular formula is C11H13FO. The van der Waals surface area contributed by atoms with Gasteiger partial charge in [0.2, 0.25) is 6.36 Å². The van der Waals surface area contributed by atoms with Crippen LogP contribution in [0.1, 0.15) is 19.4 Å². The van der Waals surface area contributed by atoms with Gasteiger partial charge in [0.1, 0.15) is 5.75 Å². The van der Waals surface area contributed by atoms with Crippen molar-refractivity contribution in [1.82, 2.24) is 0 Å². The van der Waals surface area contributed by atoms with E-state index in [1.165, 1.54) is 6.92 Å². The van der Waals surface area contributed by atoms with Gasteiger partial charge >= 0.3 is 0 Å². The van der Waals surface area contributed by atoms with Crippen molar-refractivity contribution in [3.63, 3.8) is 0 Å². The molecular weight excluding hydrogens is 167 g/mol. The monoisotopic (exact) mass is 180 g/mol. The van der Waals surface area contributed by atoms with Crippen molar-refractivity contribution in [3.05, 3.63) is 36.4 Å². The van der Waals surface area contributed by atoms with E-state index in [4.69, 9.17) is 4.74 Å². The van der Waals surface area contributed by atoms with E-state index < -0.39 is 6.36 Å². The number of halogens is 1. The van der Waals surface area contributed by atoms with Crippen LogP contribution in [0, 0.1) is 0 Å². The lowest BCUT2D eigenvalue weighted by Crippen LogP contribution is -2.03. The highest BCUT2D eigenvalue weighted by atomic mass is 19.1. The van der Waals surface area contributed by atoms with Gasteiger partial charge in [-0.3, -0.25) is 0 Å². The molecule has 0 radical (unpaired) electrons. The summed E-state index contributed by atoms with van der Waals surface area (Å²) in [5, 5.41) is 0. The Kier molecular flexibility index (Phi) is 3.07. The first-order valence-corrected chi connectivity index (χ1v) is 4.16. The standard InChI is InChI=1S/C11H13FO/c1-8(2)10-4-6-11(7-5-10)13-9(3)12/h4-7,9H,1H2,2-3H3. The number of benzene rings is 1. The van der Waals surface area contributed by atoms with Crippen molar-refractivity contribution in [3.8, 4) is 5.75 Å². The minimum atomic E-state index is -1.27. The maximum absolute atomic E-state index is 12.4.